The van der Waals surface area contributed by atoms with Crippen molar-refractivity contribution < 1.29 is 13.6 Å². The topological polar surface area (TPSA) is 42.0 Å². The average molecular weight is 294 g/mol. The van der Waals surface area contributed by atoms with Crippen LogP contribution in [0.15, 0.2) is 18.2 Å². The SMILES string of the molecule is Cc1sc(NC(=O)C2CC2)nc1-c1ccc(F)c(F)c1. The minimum absolute atomic E-state index is 0.0180. The summed E-state index contributed by atoms with van der Waals surface area (Å²) in [5.41, 5.74) is 1.07. The summed E-state index contributed by atoms with van der Waals surface area (Å²) < 4.78 is 26.2. The third kappa shape index (κ3) is 2.56. The van der Waals surface area contributed by atoms with Crippen LogP contribution in [0.5, 0.6) is 0 Å². The molecule has 0 radical (unpaired) electrons. The van der Waals surface area contributed by atoms with Crippen LogP contribution < -0.4 is 5.32 Å². The van der Waals surface area contributed by atoms with Gasteiger partial charge in [0.15, 0.2) is 16.8 Å². The number of halogens is 2. The molecule has 1 amide bonds. The molecule has 0 atom stereocenters. The van der Waals surface area contributed by atoms with E-state index in [1.165, 1.54) is 17.4 Å². The van der Waals surface area contributed by atoms with E-state index < -0.39 is 11.6 Å². The smallest absolute Gasteiger partial charge is 0.229 e. The van der Waals surface area contributed by atoms with Crippen molar-refractivity contribution in [3.8, 4) is 11.3 Å². The summed E-state index contributed by atoms with van der Waals surface area (Å²) in [6.07, 6.45) is 1.85. The zero-order valence-corrected chi connectivity index (χ0v) is 11.6. The van der Waals surface area contributed by atoms with Crippen LogP contribution in [-0.2, 0) is 4.79 Å². The van der Waals surface area contributed by atoms with Gasteiger partial charge in [0, 0.05) is 16.4 Å². The summed E-state index contributed by atoms with van der Waals surface area (Å²) in [7, 11) is 0. The zero-order chi connectivity index (χ0) is 14.3. The number of benzene rings is 1. The van der Waals surface area contributed by atoms with Gasteiger partial charge < -0.3 is 5.32 Å². The van der Waals surface area contributed by atoms with Crippen molar-refractivity contribution in [2.45, 2.75) is 19.8 Å². The van der Waals surface area contributed by atoms with Crippen LogP contribution >= 0.6 is 11.3 Å². The molecule has 0 unspecified atom stereocenters. The number of anilines is 1. The van der Waals surface area contributed by atoms with Gasteiger partial charge >= 0.3 is 0 Å². The van der Waals surface area contributed by atoms with Gasteiger partial charge in [0.05, 0.1) is 5.69 Å². The number of thiazole rings is 1. The predicted molar refractivity (Wildman–Crippen MR) is 73.6 cm³/mol. The molecule has 1 N–H and O–H groups in total. The molecule has 3 rings (SSSR count). The van der Waals surface area contributed by atoms with Crippen molar-refractivity contribution in [1.82, 2.24) is 4.98 Å². The number of carbonyl (C=O) groups excluding carboxylic acids is 1. The molecule has 1 saturated carbocycles. The average Bonchev–Trinajstić information content (AvgIpc) is 3.18. The van der Waals surface area contributed by atoms with E-state index in [4.69, 9.17) is 0 Å². The minimum atomic E-state index is -0.904. The lowest BCUT2D eigenvalue weighted by molar-refractivity contribution is -0.117. The number of hydrogen-bond acceptors (Lipinski definition) is 3. The fourth-order valence-corrected chi connectivity index (χ4v) is 2.75. The van der Waals surface area contributed by atoms with Gasteiger partial charge in [-0.2, -0.15) is 0 Å². The number of nitrogens with zero attached hydrogens (tertiary/aromatic N) is 1. The van der Waals surface area contributed by atoms with Gasteiger partial charge in [-0.3, -0.25) is 4.79 Å². The Kier molecular flexibility index (Phi) is 3.25. The van der Waals surface area contributed by atoms with Crippen molar-refractivity contribution in [3.63, 3.8) is 0 Å². The maximum absolute atomic E-state index is 13.3. The molecule has 20 heavy (non-hydrogen) atoms. The van der Waals surface area contributed by atoms with Crippen LogP contribution in [0.3, 0.4) is 0 Å². The van der Waals surface area contributed by atoms with Gasteiger partial charge in [-0.05, 0) is 38.0 Å². The second-order valence-corrected chi connectivity index (χ2v) is 6.02. The standard InChI is InChI=1S/C14H12F2N2OS/c1-7-12(9-4-5-10(15)11(16)6-9)17-14(20-7)18-13(19)8-2-3-8/h4-6,8H,2-3H2,1H3,(H,17,18,19). The molecule has 0 spiro atoms. The molecule has 0 saturated heterocycles. The number of nitrogens with one attached hydrogen (secondary N) is 1. The molecular formula is C14H12F2N2OS. The van der Waals surface area contributed by atoms with Crippen molar-refractivity contribution in [3.05, 3.63) is 34.7 Å². The molecule has 1 fully saturated rings. The highest BCUT2D eigenvalue weighted by Gasteiger charge is 2.30. The summed E-state index contributed by atoms with van der Waals surface area (Å²) >= 11 is 1.33. The molecular weight excluding hydrogens is 282 g/mol. The van der Waals surface area contributed by atoms with Crippen LogP contribution in [0, 0.1) is 24.5 Å². The minimum Gasteiger partial charge on any atom is -0.302 e. The van der Waals surface area contributed by atoms with E-state index in [0.717, 1.165) is 29.9 Å². The first-order valence-corrected chi connectivity index (χ1v) is 7.10. The molecule has 104 valence electrons. The third-order valence-electron chi connectivity index (χ3n) is 3.17. The molecule has 1 aliphatic rings. The Balaban J connectivity index is 1.87. The van der Waals surface area contributed by atoms with Crippen LogP contribution in [0.4, 0.5) is 13.9 Å². The largest absolute Gasteiger partial charge is 0.302 e. The highest BCUT2D eigenvalue weighted by molar-refractivity contribution is 7.16. The Morgan fingerprint density at radius 2 is 2.10 bits per heavy atom. The van der Waals surface area contributed by atoms with Gasteiger partial charge in [0.25, 0.3) is 0 Å². The first-order valence-electron chi connectivity index (χ1n) is 6.28. The summed E-state index contributed by atoms with van der Waals surface area (Å²) in [6.45, 7) is 1.83. The molecule has 6 heteroatoms. The van der Waals surface area contributed by atoms with E-state index in [0.29, 0.717) is 16.4 Å². The van der Waals surface area contributed by atoms with Gasteiger partial charge in [-0.15, -0.1) is 11.3 Å². The lowest BCUT2D eigenvalue weighted by Crippen LogP contribution is -2.12. The maximum Gasteiger partial charge on any atom is 0.229 e. The Hall–Kier alpha value is -1.82. The fraction of sp³-hybridized carbons (Fsp3) is 0.286. The van der Waals surface area contributed by atoms with E-state index >= 15 is 0 Å². The predicted octanol–water partition coefficient (Wildman–Crippen LogP) is 3.75. The van der Waals surface area contributed by atoms with E-state index in [1.54, 1.807) is 0 Å². The van der Waals surface area contributed by atoms with Crippen molar-refractivity contribution in [2.75, 3.05) is 5.32 Å². The summed E-state index contributed by atoms with van der Waals surface area (Å²) in [5, 5.41) is 3.26. The van der Waals surface area contributed by atoms with Gasteiger partial charge in [0.1, 0.15) is 0 Å². The fourth-order valence-electron chi connectivity index (χ4n) is 1.91. The van der Waals surface area contributed by atoms with Crippen LogP contribution in [0.2, 0.25) is 0 Å². The van der Waals surface area contributed by atoms with Gasteiger partial charge in [-0.25, -0.2) is 13.8 Å². The number of amides is 1. The third-order valence-corrected chi connectivity index (χ3v) is 4.05. The zero-order valence-electron chi connectivity index (χ0n) is 10.7. The highest BCUT2D eigenvalue weighted by Crippen LogP contribution is 2.34. The summed E-state index contributed by atoms with van der Waals surface area (Å²) in [5.74, 6) is -1.70. The van der Waals surface area contributed by atoms with Gasteiger partial charge in [0.2, 0.25) is 5.91 Å². The lowest BCUT2D eigenvalue weighted by Gasteiger charge is -2.00. The van der Waals surface area contributed by atoms with Crippen molar-refractivity contribution in [1.29, 1.82) is 0 Å². The second-order valence-electron chi connectivity index (χ2n) is 4.82. The van der Waals surface area contributed by atoms with Crippen molar-refractivity contribution in [2.24, 2.45) is 5.92 Å². The lowest BCUT2D eigenvalue weighted by atomic mass is 10.1. The molecule has 1 aromatic carbocycles. The Morgan fingerprint density at radius 3 is 2.75 bits per heavy atom. The Labute approximate surface area is 118 Å². The molecule has 1 aliphatic carbocycles. The molecule has 3 nitrogen and oxygen atoms in total. The monoisotopic (exact) mass is 294 g/mol. The molecule has 2 aromatic rings. The highest BCUT2D eigenvalue weighted by atomic mass is 32.1. The van der Waals surface area contributed by atoms with E-state index in [-0.39, 0.29) is 11.8 Å². The quantitative estimate of drug-likeness (QED) is 0.937. The van der Waals surface area contributed by atoms with Crippen molar-refractivity contribution >= 4 is 22.4 Å². The number of rotatable bonds is 3. The second kappa shape index (κ2) is 4.94. The molecule has 0 bridgehead atoms. The summed E-state index contributed by atoms with van der Waals surface area (Å²) in [6, 6.07) is 3.67. The van der Waals surface area contributed by atoms with E-state index in [1.807, 2.05) is 6.92 Å². The number of aryl methyl sites for hydroxylation is 1. The Bertz CT molecular complexity index is 680. The first kappa shape index (κ1) is 13.2. The normalized spacial score (nSPS) is 14.3. The first-order chi connectivity index (χ1) is 9.54. The number of aromatic nitrogens is 1. The summed E-state index contributed by atoms with van der Waals surface area (Å²) in [4.78, 5) is 16.8. The van der Waals surface area contributed by atoms with Gasteiger partial charge in [-0.1, -0.05) is 0 Å². The van der Waals surface area contributed by atoms with Crippen LogP contribution in [0.25, 0.3) is 11.3 Å². The van der Waals surface area contributed by atoms with Crippen LogP contribution in [0.1, 0.15) is 17.7 Å². The molecule has 1 aromatic heterocycles. The Morgan fingerprint density at radius 1 is 1.35 bits per heavy atom. The van der Waals surface area contributed by atoms with Crippen LogP contribution in [-0.4, -0.2) is 10.9 Å². The molecule has 0 aliphatic heterocycles. The number of hydrogen-bond donors (Lipinski definition) is 1. The number of carbonyl (C=O) groups is 1. The van der Waals surface area contributed by atoms with E-state index in [2.05, 4.69) is 10.3 Å². The van der Waals surface area contributed by atoms with E-state index in [9.17, 15) is 13.6 Å². The maximum atomic E-state index is 13.3. The molecule has 1 heterocycles.